The summed E-state index contributed by atoms with van der Waals surface area (Å²) in [5.41, 5.74) is 1.05. The normalized spacial score (nSPS) is 10.7. The van der Waals surface area contributed by atoms with Crippen molar-refractivity contribution in [2.45, 2.75) is 0 Å². The number of anilines is 1. The number of nitrogens with one attached hydrogen (secondary N) is 1. The molecule has 2 rings (SSSR count). The van der Waals surface area contributed by atoms with E-state index >= 15 is 0 Å². The highest BCUT2D eigenvalue weighted by Crippen LogP contribution is 2.16. The summed E-state index contributed by atoms with van der Waals surface area (Å²) < 4.78 is 0. The maximum atomic E-state index is 12.0. The Kier molecular flexibility index (Phi) is 4.22. The van der Waals surface area contributed by atoms with Gasteiger partial charge in [-0.25, -0.2) is 0 Å². The van der Waals surface area contributed by atoms with Crippen LogP contribution in [-0.2, 0) is 4.79 Å². The number of hydrogen-bond donors (Lipinski definition) is 3. The molecule has 0 spiro atoms. The van der Waals surface area contributed by atoms with Crippen molar-refractivity contribution in [1.29, 1.82) is 5.26 Å². The Morgan fingerprint density at radius 1 is 1.00 bits per heavy atom. The van der Waals surface area contributed by atoms with Crippen LogP contribution in [0.1, 0.15) is 5.56 Å². The molecule has 104 valence electrons. The topological polar surface area (TPSA) is 93.3 Å². The van der Waals surface area contributed by atoms with Gasteiger partial charge in [0, 0.05) is 5.69 Å². The summed E-state index contributed by atoms with van der Waals surface area (Å²) in [7, 11) is 0. The van der Waals surface area contributed by atoms with Crippen LogP contribution in [0.2, 0.25) is 0 Å². The number of phenolic OH excluding ortho intramolecular Hbond substituents is 2. The molecule has 0 atom stereocenters. The molecular weight excluding hydrogens is 268 g/mol. The lowest BCUT2D eigenvalue weighted by atomic mass is 10.1. The number of carbonyl (C=O) groups is 1. The summed E-state index contributed by atoms with van der Waals surface area (Å²) in [5.74, 6) is -0.344. The van der Waals surface area contributed by atoms with Crippen LogP contribution in [0.4, 0.5) is 5.69 Å². The Labute approximate surface area is 121 Å². The summed E-state index contributed by atoms with van der Waals surface area (Å²) in [4.78, 5) is 12.0. The highest BCUT2D eigenvalue weighted by atomic mass is 16.3. The summed E-state index contributed by atoms with van der Waals surface area (Å²) in [6.07, 6.45) is 1.43. The molecule has 0 saturated carbocycles. The standard InChI is InChI=1S/C16H12N2O3/c17-10-12(9-11-1-5-14(19)6-2-11)16(21)18-13-3-7-15(20)8-4-13/h1-9,19-20H,(H,18,21). The van der Waals surface area contributed by atoms with Gasteiger partial charge >= 0.3 is 0 Å². The largest absolute Gasteiger partial charge is 0.508 e. The van der Waals surface area contributed by atoms with Crippen molar-refractivity contribution in [3.63, 3.8) is 0 Å². The number of aromatic hydroxyl groups is 2. The lowest BCUT2D eigenvalue weighted by Crippen LogP contribution is -2.13. The molecule has 0 aliphatic rings. The Hall–Kier alpha value is -3.26. The Morgan fingerprint density at radius 3 is 2.05 bits per heavy atom. The van der Waals surface area contributed by atoms with Gasteiger partial charge in [0.2, 0.25) is 0 Å². The van der Waals surface area contributed by atoms with E-state index in [2.05, 4.69) is 5.32 Å². The molecule has 0 bridgehead atoms. The molecule has 0 radical (unpaired) electrons. The fraction of sp³-hybridized carbons (Fsp3) is 0. The fourth-order valence-corrected chi connectivity index (χ4v) is 1.63. The van der Waals surface area contributed by atoms with E-state index in [1.165, 1.54) is 42.5 Å². The second-order valence-corrected chi connectivity index (χ2v) is 4.26. The van der Waals surface area contributed by atoms with E-state index in [4.69, 9.17) is 10.4 Å². The van der Waals surface area contributed by atoms with Crippen molar-refractivity contribution < 1.29 is 15.0 Å². The van der Waals surface area contributed by atoms with Crippen molar-refractivity contribution in [2.75, 3.05) is 5.32 Å². The molecule has 1 amide bonds. The first-order valence-electron chi connectivity index (χ1n) is 6.10. The zero-order valence-corrected chi connectivity index (χ0v) is 10.9. The zero-order chi connectivity index (χ0) is 15.2. The van der Waals surface area contributed by atoms with E-state index in [1.54, 1.807) is 12.1 Å². The second-order valence-electron chi connectivity index (χ2n) is 4.26. The number of rotatable bonds is 3. The van der Waals surface area contributed by atoms with E-state index in [-0.39, 0.29) is 17.1 Å². The van der Waals surface area contributed by atoms with Crippen LogP contribution in [-0.4, -0.2) is 16.1 Å². The Morgan fingerprint density at radius 2 is 1.52 bits per heavy atom. The molecule has 3 N–H and O–H groups in total. The molecule has 2 aromatic carbocycles. The molecule has 2 aromatic rings. The third-order valence-electron chi connectivity index (χ3n) is 2.69. The lowest BCUT2D eigenvalue weighted by molar-refractivity contribution is -0.112. The summed E-state index contributed by atoms with van der Waals surface area (Å²) in [5, 5.41) is 30.0. The van der Waals surface area contributed by atoms with E-state index < -0.39 is 5.91 Å². The third-order valence-corrected chi connectivity index (χ3v) is 2.69. The van der Waals surface area contributed by atoms with Gasteiger partial charge in [0.05, 0.1) is 0 Å². The van der Waals surface area contributed by atoms with Crippen molar-refractivity contribution in [3.05, 3.63) is 59.7 Å². The van der Waals surface area contributed by atoms with Gasteiger partial charge in [-0.15, -0.1) is 0 Å². The van der Waals surface area contributed by atoms with Gasteiger partial charge in [0.1, 0.15) is 23.1 Å². The van der Waals surface area contributed by atoms with Crippen LogP contribution >= 0.6 is 0 Å². The molecular formula is C16H12N2O3. The van der Waals surface area contributed by atoms with Crippen LogP contribution in [0.3, 0.4) is 0 Å². The Balaban J connectivity index is 2.17. The highest BCUT2D eigenvalue weighted by Gasteiger charge is 2.09. The molecule has 0 fully saturated rings. The molecule has 5 heteroatoms. The molecule has 5 nitrogen and oxygen atoms in total. The first-order chi connectivity index (χ1) is 10.1. The summed E-state index contributed by atoms with van der Waals surface area (Å²) in [6, 6.07) is 13.9. The number of carbonyl (C=O) groups excluding carboxylic acids is 1. The monoisotopic (exact) mass is 280 g/mol. The number of nitriles is 1. The Bertz CT molecular complexity index is 711. The SMILES string of the molecule is N#CC(=Cc1ccc(O)cc1)C(=O)Nc1ccc(O)cc1. The van der Waals surface area contributed by atoms with Crippen LogP contribution in [0, 0.1) is 11.3 Å². The van der Waals surface area contributed by atoms with Crippen molar-refractivity contribution >= 4 is 17.7 Å². The molecule has 21 heavy (non-hydrogen) atoms. The molecule has 0 aliphatic carbocycles. The van der Waals surface area contributed by atoms with E-state index in [1.807, 2.05) is 6.07 Å². The van der Waals surface area contributed by atoms with Crippen molar-refractivity contribution in [3.8, 4) is 17.6 Å². The van der Waals surface area contributed by atoms with E-state index in [0.717, 1.165) is 0 Å². The molecule has 0 aromatic heterocycles. The number of benzene rings is 2. The number of phenols is 2. The van der Waals surface area contributed by atoms with Gasteiger partial charge in [0.15, 0.2) is 0 Å². The molecule has 0 unspecified atom stereocenters. The van der Waals surface area contributed by atoms with Crippen LogP contribution in [0.5, 0.6) is 11.5 Å². The van der Waals surface area contributed by atoms with Crippen molar-refractivity contribution in [1.82, 2.24) is 0 Å². The zero-order valence-electron chi connectivity index (χ0n) is 10.9. The van der Waals surface area contributed by atoms with Gasteiger partial charge in [-0.1, -0.05) is 12.1 Å². The summed E-state index contributed by atoms with van der Waals surface area (Å²) >= 11 is 0. The molecule has 0 aliphatic heterocycles. The lowest BCUT2D eigenvalue weighted by Gasteiger charge is -2.04. The third kappa shape index (κ3) is 3.85. The minimum Gasteiger partial charge on any atom is -0.508 e. The number of hydrogen-bond acceptors (Lipinski definition) is 4. The molecule has 0 saturated heterocycles. The predicted molar refractivity (Wildman–Crippen MR) is 78.4 cm³/mol. The van der Waals surface area contributed by atoms with E-state index in [9.17, 15) is 9.90 Å². The first kappa shape index (κ1) is 14.2. The minimum atomic E-state index is -0.545. The second kappa shape index (κ2) is 6.26. The predicted octanol–water partition coefficient (Wildman–Crippen LogP) is 2.64. The van der Waals surface area contributed by atoms with Crippen LogP contribution in [0.25, 0.3) is 6.08 Å². The molecule has 0 heterocycles. The van der Waals surface area contributed by atoms with Crippen LogP contribution in [0.15, 0.2) is 54.1 Å². The van der Waals surface area contributed by atoms with E-state index in [0.29, 0.717) is 11.3 Å². The average Bonchev–Trinajstić information content (AvgIpc) is 2.49. The van der Waals surface area contributed by atoms with Gasteiger partial charge in [-0.2, -0.15) is 5.26 Å². The van der Waals surface area contributed by atoms with Gasteiger partial charge in [0.25, 0.3) is 5.91 Å². The number of nitrogens with zero attached hydrogens (tertiary/aromatic N) is 1. The maximum Gasteiger partial charge on any atom is 0.266 e. The first-order valence-corrected chi connectivity index (χ1v) is 6.10. The highest BCUT2D eigenvalue weighted by molar-refractivity contribution is 6.09. The fourth-order valence-electron chi connectivity index (χ4n) is 1.63. The van der Waals surface area contributed by atoms with Gasteiger partial charge in [-0.05, 0) is 48.0 Å². The van der Waals surface area contributed by atoms with Crippen molar-refractivity contribution in [2.24, 2.45) is 0 Å². The quantitative estimate of drug-likeness (QED) is 0.457. The van der Waals surface area contributed by atoms with Gasteiger partial charge < -0.3 is 15.5 Å². The smallest absolute Gasteiger partial charge is 0.266 e. The minimum absolute atomic E-state index is 0.0613. The average molecular weight is 280 g/mol. The van der Waals surface area contributed by atoms with Crippen LogP contribution < -0.4 is 5.32 Å². The summed E-state index contributed by atoms with van der Waals surface area (Å²) in [6.45, 7) is 0. The maximum absolute atomic E-state index is 12.0. The number of amides is 1. The van der Waals surface area contributed by atoms with Gasteiger partial charge in [-0.3, -0.25) is 4.79 Å².